The molecule has 0 bridgehead atoms. The molecule has 1 N–H and O–H groups in total. The van der Waals surface area contributed by atoms with Crippen molar-refractivity contribution in [2.24, 2.45) is 0 Å². The van der Waals surface area contributed by atoms with Crippen LogP contribution in [-0.4, -0.2) is 20.8 Å². The van der Waals surface area contributed by atoms with Crippen LogP contribution < -0.4 is 0 Å². The third-order valence-electron chi connectivity index (χ3n) is 2.01. The van der Waals surface area contributed by atoms with Crippen LogP contribution >= 0.6 is 0 Å². The molecule has 0 amide bonds. The molecule has 66 valence electrons. The fourth-order valence-corrected chi connectivity index (χ4v) is 1.39. The highest BCUT2D eigenvalue weighted by molar-refractivity contribution is 5.90. The van der Waals surface area contributed by atoms with Crippen molar-refractivity contribution in [3.05, 3.63) is 30.2 Å². The number of hydrogen-bond acceptors (Lipinski definition) is 2. The molecule has 0 aliphatic carbocycles. The molecule has 0 unspecified atom stereocenters. The smallest absolute Gasteiger partial charge is 0.416 e. The van der Waals surface area contributed by atoms with Crippen LogP contribution in [0.1, 0.15) is 5.56 Å². The number of carboxylic acid groups (broad SMARTS) is 1. The topological polar surface area (TPSA) is 55.1 Å². The zero-order chi connectivity index (χ0) is 9.42. The number of nitrogens with zero attached hydrogens (tertiary/aromatic N) is 2. The van der Waals surface area contributed by atoms with Crippen LogP contribution in [0.5, 0.6) is 0 Å². The van der Waals surface area contributed by atoms with Gasteiger partial charge in [-0.05, 0) is 18.6 Å². The van der Waals surface area contributed by atoms with Crippen LogP contribution in [0.15, 0.2) is 24.7 Å². The predicted octanol–water partition coefficient (Wildman–Crippen LogP) is 1.87. The number of fused-ring (bicyclic) bond motifs is 1. The molecular formula is C9H8N2O2. The first kappa shape index (κ1) is 7.79. The van der Waals surface area contributed by atoms with Crippen molar-refractivity contribution in [1.82, 2.24) is 9.55 Å². The maximum absolute atomic E-state index is 10.8. The van der Waals surface area contributed by atoms with Gasteiger partial charge in [0.2, 0.25) is 0 Å². The molecule has 2 aromatic rings. The molecule has 0 saturated carbocycles. The molecule has 0 aliphatic rings. The number of hydrogen-bond donors (Lipinski definition) is 1. The molecule has 2 rings (SSSR count). The average Bonchev–Trinajstić information content (AvgIpc) is 2.45. The Morgan fingerprint density at radius 1 is 1.62 bits per heavy atom. The third kappa shape index (κ3) is 1.07. The zero-order valence-electron chi connectivity index (χ0n) is 7.06. The monoisotopic (exact) mass is 176 g/mol. The molecule has 0 aliphatic heterocycles. The molecule has 0 radical (unpaired) electrons. The third-order valence-corrected chi connectivity index (χ3v) is 2.01. The summed E-state index contributed by atoms with van der Waals surface area (Å²) in [5, 5.41) is 9.72. The summed E-state index contributed by atoms with van der Waals surface area (Å²) in [5.41, 5.74) is 1.60. The van der Waals surface area contributed by atoms with Crippen molar-refractivity contribution < 1.29 is 9.90 Å². The van der Waals surface area contributed by atoms with Crippen molar-refractivity contribution in [3.63, 3.8) is 0 Å². The number of rotatable bonds is 0. The quantitative estimate of drug-likeness (QED) is 0.666. The average molecular weight is 176 g/mol. The summed E-state index contributed by atoms with van der Waals surface area (Å²) in [7, 11) is 0. The van der Waals surface area contributed by atoms with Crippen molar-refractivity contribution in [1.29, 1.82) is 0 Å². The summed E-state index contributed by atoms with van der Waals surface area (Å²) in [5.74, 6) is 0. The molecule has 2 aromatic heterocycles. The van der Waals surface area contributed by atoms with Crippen LogP contribution in [0.4, 0.5) is 4.79 Å². The van der Waals surface area contributed by atoms with Gasteiger partial charge in [-0.25, -0.2) is 4.79 Å². The minimum atomic E-state index is -0.968. The summed E-state index contributed by atoms with van der Waals surface area (Å²) in [6.07, 6.45) is 3.88. The maximum atomic E-state index is 10.8. The molecular weight excluding hydrogens is 168 g/mol. The van der Waals surface area contributed by atoms with Crippen LogP contribution in [0.25, 0.3) is 10.9 Å². The van der Waals surface area contributed by atoms with Gasteiger partial charge in [0, 0.05) is 24.0 Å². The first-order valence-corrected chi connectivity index (χ1v) is 3.85. The van der Waals surface area contributed by atoms with Gasteiger partial charge < -0.3 is 5.11 Å². The fourth-order valence-electron chi connectivity index (χ4n) is 1.39. The van der Waals surface area contributed by atoms with Gasteiger partial charge in [0.1, 0.15) is 0 Å². The highest BCUT2D eigenvalue weighted by Crippen LogP contribution is 2.18. The van der Waals surface area contributed by atoms with E-state index >= 15 is 0 Å². The minimum absolute atomic E-state index is 0.681. The minimum Gasteiger partial charge on any atom is -0.464 e. The first-order valence-electron chi connectivity index (χ1n) is 3.85. The van der Waals surface area contributed by atoms with E-state index in [4.69, 9.17) is 5.11 Å². The zero-order valence-corrected chi connectivity index (χ0v) is 7.06. The summed E-state index contributed by atoms with van der Waals surface area (Å²) < 4.78 is 1.20. The van der Waals surface area contributed by atoms with Crippen LogP contribution in [0.3, 0.4) is 0 Å². The Hall–Kier alpha value is -1.84. The molecule has 0 fully saturated rings. The molecule has 0 saturated heterocycles. The number of aromatic nitrogens is 2. The van der Waals surface area contributed by atoms with E-state index in [2.05, 4.69) is 4.98 Å². The Morgan fingerprint density at radius 3 is 3.08 bits per heavy atom. The van der Waals surface area contributed by atoms with Gasteiger partial charge in [0.05, 0.1) is 5.52 Å². The van der Waals surface area contributed by atoms with Gasteiger partial charge in [-0.15, -0.1) is 0 Å². The Labute approximate surface area is 74.4 Å². The molecule has 0 aromatic carbocycles. The van der Waals surface area contributed by atoms with Gasteiger partial charge in [0.15, 0.2) is 0 Å². The SMILES string of the molecule is Cc1cn(C(=O)O)c2ccncc12. The Morgan fingerprint density at radius 2 is 2.38 bits per heavy atom. The predicted molar refractivity (Wildman–Crippen MR) is 47.9 cm³/mol. The highest BCUT2D eigenvalue weighted by atomic mass is 16.4. The maximum Gasteiger partial charge on any atom is 0.416 e. The lowest BCUT2D eigenvalue weighted by Crippen LogP contribution is -2.05. The van der Waals surface area contributed by atoms with Crippen LogP contribution in [0.2, 0.25) is 0 Å². The Balaban J connectivity index is 2.85. The lowest BCUT2D eigenvalue weighted by molar-refractivity contribution is 0.197. The Kier molecular flexibility index (Phi) is 1.55. The van der Waals surface area contributed by atoms with Crippen molar-refractivity contribution in [2.45, 2.75) is 6.92 Å². The lowest BCUT2D eigenvalue weighted by atomic mass is 10.2. The van der Waals surface area contributed by atoms with Crippen molar-refractivity contribution in [3.8, 4) is 0 Å². The molecule has 4 nitrogen and oxygen atoms in total. The second-order valence-electron chi connectivity index (χ2n) is 2.86. The van der Waals surface area contributed by atoms with E-state index in [-0.39, 0.29) is 0 Å². The van der Waals surface area contributed by atoms with Gasteiger partial charge in [-0.3, -0.25) is 9.55 Å². The number of aryl methyl sites for hydroxylation is 1. The summed E-state index contributed by atoms with van der Waals surface area (Å²) in [6, 6.07) is 1.69. The second kappa shape index (κ2) is 2.58. The van der Waals surface area contributed by atoms with Gasteiger partial charge in [-0.2, -0.15) is 0 Å². The number of carbonyl (C=O) groups is 1. The molecule has 0 atom stereocenters. The first-order chi connectivity index (χ1) is 6.20. The second-order valence-corrected chi connectivity index (χ2v) is 2.86. The van der Waals surface area contributed by atoms with Gasteiger partial charge >= 0.3 is 6.09 Å². The van der Waals surface area contributed by atoms with Gasteiger partial charge in [0.25, 0.3) is 0 Å². The Bertz CT molecular complexity index is 473. The molecule has 13 heavy (non-hydrogen) atoms. The molecule has 2 heterocycles. The summed E-state index contributed by atoms with van der Waals surface area (Å²) in [4.78, 5) is 14.7. The summed E-state index contributed by atoms with van der Waals surface area (Å²) >= 11 is 0. The van der Waals surface area contributed by atoms with E-state index < -0.39 is 6.09 Å². The van der Waals surface area contributed by atoms with E-state index in [1.54, 1.807) is 24.7 Å². The van der Waals surface area contributed by atoms with Crippen LogP contribution in [0, 0.1) is 6.92 Å². The van der Waals surface area contributed by atoms with Crippen molar-refractivity contribution >= 4 is 17.0 Å². The molecule has 0 spiro atoms. The van der Waals surface area contributed by atoms with Crippen LogP contribution in [-0.2, 0) is 0 Å². The van der Waals surface area contributed by atoms with E-state index in [0.29, 0.717) is 5.52 Å². The fraction of sp³-hybridized carbons (Fsp3) is 0.111. The standard InChI is InChI=1S/C9H8N2O2/c1-6-5-11(9(12)13)8-2-3-10-4-7(6)8/h2-5H,1H3,(H,12,13). The normalized spacial score (nSPS) is 10.5. The highest BCUT2D eigenvalue weighted by Gasteiger charge is 2.08. The van der Waals surface area contributed by atoms with E-state index in [0.717, 1.165) is 10.9 Å². The van der Waals surface area contributed by atoms with Crippen molar-refractivity contribution in [2.75, 3.05) is 0 Å². The van der Waals surface area contributed by atoms with E-state index in [1.807, 2.05) is 6.92 Å². The largest absolute Gasteiger partial charge is 0.464 e. The van der Waals surface area contributed by atoms with E-state index in [9.17, 15) is 4.79 Å². The lowest BCUT2D eigenvalue weighted by Gasteiger charge is -1.95. The van der Waals surface area contributed by atoms with E-state index in [1.165, 1.54) is 4.57 Å². The van der Waals surface area contributed by atoms with Gasteiger partial charge in [-0.1, -0.05) is 0 Å². The molecule has 4 heteroatoms. The number of pyridine rings is 1. The summed E-state index contributed by atoms with van der Waals surface area (Å²) in [6.45, 7) is 1.86.